The highest BCUT2D eigenvalue weighted by atomic mass is 79.9. The molecule has 1 unspecified atom stereocenters. The second kappa shape index (κ2) is 5.28. The Hall–Kier alpha value is -1.93. The number of nitrogens with zero attached hydrogens (tertiary/aromatic N) is 1. The summed E-state index contributed by atoms with van der Waals surface area (Å²) < 4.78 is 1.15. The van der Waals surface area contributed by atoms with Crippen LogP contribution in [0.2, 0.25) is 0 Å². The summed E-state index contributed by atoms with van der Waals surface area (Å²) in [6, 6.07) is 18.0. The smallest absolute Gasteiger partial charge is 0.0541 e. The number of pyridine rings is 1. The zero-order chi connectivity index (χ0) is 17.2. The lowest BCUT2D eigenvalue weighted by molar-refractivity contribution is 0.567. The molecule has 1 atom stereocenters. The van der Waals surface area contributed by atoms with Crippen LogP contribution < -0.4 is 0 Å². The van der Waals surface area contributed by atoms with E-state index in [-0.39, 0.29) is 5.41 Å². The van der Waals surface area contributed by atoms with Crippen molar-refractivity contribution in [2.75, 3.05) is 0 Å². The summed E-state index contributed by atoms with van der Waals surface area (Å²) in [6.45, 7) is 4.66. The van der Waals surface area contributed by atoms with Crippen LogP contribution in [0.1, 0.15) is 54.1 Å². The van der Waals surface area contributed by atoms with E-state index in [0.29, 0.717) is 5.92 Å². The van der Waals surface area contributed by atoms with Crippen molar-refractivity contribution in [3.8, 4) is 11.1 Å². The first-order valence-electron chi connectivity index (χ1n) is 8.95. The van der Waals surface area contributed by atoms with Crippen molar-refractivity contribution in [3.63, 3.8) is 0 Å². The monoisotopic (exact) mass is 389 g/mol. The normalized spacial score (nSPS) is 19.4. The Morgan fingerprint density at radius 3 is 2.76 bits per heavy atom. The van der Waals surface area contributed by atoms with Crippen LogP contribution in [-0.2, 0) is 11.8 Å². The first kappa shape index (κ1) is 15.3. The molecule has 0 spiro atoms. The molecular weight excluding hydrogens is 370 g/mol. The van der Waals surface area contributed by atoms with Crippen molar-refractivity contribution in [1.29, 1.82) is 0 Å². The third-order valence-electron chi connectivity index (χ3n) is 6.02. The molecule has 2 heteroatoms. The average Bonchev–Trinajstić information content (AvgIpc) is 2.77. The molecular formula is C23H20BrN. The van der Waals surface area contributed by atoms with E-state index in [0.717, 1.165) is 17.3 Å². The number of aromatic nitrogens is 1. The first-order chi connectivity index (χ1) is 12.1. The molecule has 0 N–H and O–H groups in total. The van der Waals surface area contributed by atoms with Crippen LogP contribution in [0.5, 0.6) is 0 Å². The standard InChI is InChI=1S/C23H20BrN/c1-23(2)21-7-3-5-15-18(21)11-10-16(19-6-4-12-25-22(19)23)17-9-8-14(24)13-20(15)17/h3-9,12-13,16H,10-11H2,1-2H3. The Morgan fingerprint density at radius 1 is 1.00 bits per heavy atom. The second-order valence-corrected chi connectivity index (χ2v) is 8.64. The third-order valence-corrected chi connectivity index (χ3v) is 6.51. The van der Waals surface area contributed by atoms with Crippen LogP contribution in [-0.4, -0.2) is 4.98 Å². The van der Waals surface area contributed by atoms with Gasteiger partial charge in [-0.05, 0) is 64.4 Å². The number of halogens is 1. The highest BCUT2D eigenvalue weighted by molar-refractivity contribution is 9.10. The van der Waals surface area contributed by atoms with E-state index in [1.807, 2.05) is 6.20 Å². The van der Waals surface area contributed by atoms with Gasteiger partial charge in [-0.1, -0.05) is 60.1 Å². The molecule has 0 amide bonds. The Morgan fingerprint density at radius 2 is 1.88 bits per heavy atom. The summed E-state index contributed by atoms with van der Waals surface area (Å²) in [6.07, 6.45) is 4.22. The molecule has 0 saturated carbocycles. The van der Waals surface area contributed by atoms with Crippen LogP contribution >= 0.6 is 15.9 Å². The van der Waals surface area contributed by atoms with Crippen LogP contribution in [0.3, 0.4) is 0 Å². The minimum absolute atomic E-state index is 0.0835. The molecule has 5 rings (SSSR count). The van der Waals surface area contributed by atoms with Crippen LogP contribution in [0.25, 0.3) is 11.1 Å². The van der Waals surface area contributed by atoms with Gasteiger partial charge in [0.2, 0.25) is 0 Å². The number of fused-ring (bicyclic) bond motifs is 7. The first-order valence-corrected chi connectivity index (χ1v) is 9.74. The fourth-order valence-electron chi connectivity index (χ4n) is 4.88. The molecule has 0 fully saturated rings. The van der Waals surface area contributed by atoms with Gasteiger partial charge in [0.25, 0.3) is 0 Å². The minimum atomic E-state index is -0.0835. The van der Waals surface area contributed by atoms with Gasteiger partial charge in [-0.15, -0.1) is 0 Å². The van der Waals surface area contributed by atoms with Gasteiger partial charge in [0.1, 0.15) is 0 Å². The third kappa shape index (κ3) is 2.10. The Labute approximate surface area is 157 Å². The summed E-state index contributed by atoms with van der Waals surface area (Å²) >= 11 is 3.69. The van der Waals surface area contributed by atoms with Crippen LogP contribution in [0.15, 0.2) is 59.2 Å². The molecule has 25 heavy (non-hydrogen) atoms. The summed E-state index contributed by atoms with van der Waals surface area (Å²) in [5, 5.41) is 0. The predicted octanol–water partition coefficient (Wildman–Crippen LogP) is 6.23. The van der Waals surface area contributed by atoms with Gasteiger partial charge in [-0.2, -0.15) is 0 Å². The molecule has 0 saturated heterocycles. The number of hydrogen-bond acceptors (Lipinski definition) is 1. The quantitative estimate of drug-likeness (QED) is 0.444. The van der Waals surface area contributed by atoms with E-state index in [4.69, 9.17) is 4.98 Å². The molecule has 2 aromatic carbocycles. The van der Waals surface area contributed by atoms with E-state index >= 15 is 0 Å². The molecule has 0 radical (unpaired) electrons. The second-order valence-electron chi connectivity index (χ2n) is 7.72. The maximum absolute atomic E-state index is 4.88. The molecule has 1 nitrogen and oxygen atoms in total. The molecule has 2 aliphatic rings. The fraction of sp³-hybridized carbons (Fsp3) is 0.261. The van der Waals surface area contributed by atoms with Crippen molar-refractivity contribution < 1.29 is 0 Å². The summed E-state index contributed by atoms with van der Waals surface area (Å²) in [5.74, 6) is 0.409. The van der Waals surface area contributed by atoms with Crippen molar-refractivity contribution >= 4 is 15.9 Å². The highest BCUT2D eigenvalue weighted by Crippen LogP contribution is 2.50. The minimum Gasteiger partial charge on any atom is -0.260 e. The van der Waals surface area contributed by atoms with Gasteiger partial charge >= 0.3 is 0 Å². The predicted molar refractivity (Wildman–Crippen MR) is 106 cm³/mol. The van der Waals surface area contributed by atoms with Gasteiger partial charge in [-0.25, -0.2) is 0 Å². The highest BCUT2D eigenvalue weighted by Gasteiger charge is 2.37. The van der Waals surface area contributed by atoms with Crippen molar-refractivity contribution in [3.05, 3.63) is 87.1 Å². The van der Waals surface area contributed by atoms with Crippen molar-refractivity contribution in [2.24, 2.45) is 0 Å². The van der Waals surface area contributed by atoms with E-state index in [2.05, 4.69) is 78.3 Å². The largest absolute Gasteiger partial charge is 0.260 e. The SMILES string of the molecule is CC1(C)c2cccc3c2CCC(c2ccc(Br)cc2-3)c2cccnc21. The lowest BCUT2D eigenvalue weighted by Crippen LogP contribution is -2.27. The van der Waals surface area contributed by atoms with Gasteiger partial charge in [0, 0.05) is 22.0 Å². The molecule has 0 aliphatic heterocycles. The van der Waals surface area contributed by atoms with Crippen molar-refractivity contribution in [2.45, 2.75) is 38.0 Å². The fourth-order valence-corrected chi connectivity index (χ4v) is 5.24. The van der Waals surface area contributed by atoms with Crippen LogP contribution in [0.4, 0.5) is 0 Å². The Kier molecular flexibility index (Phi) is 3.24. The maximum Gasteiger partial charge on any atom is 0.0541 e. The zero-order valence-electron chi connectivity index (χ0n) is 14.5. The number of benzene rings is 2. The molecule has 2 aliphatic carbocycles. The number of hydrogen-bond donors (Lipinski definition) is 0. The van der Waals surface area contributed by atoms with E-state index in [9.17, 15) is 0 Å². The van der Waals surface area contributed by atoms with Gasteiger partial charge in [0.05, 0.1) is 5.69 Å². The zero-order valence-corrected chi connectivity index (χ0v) is 16.1. The van der Waals surface area contributed by atoms with Gasteiger partial charge in [-0.3, -0.25) is 4.98 Å². The Bertz CT molecular complexity index is 1000. The lowest BCUT2D eigenvalue weighted by Gasteiger charge is -2.33. The van der Waals surface area contributed by atoms with Gasteiger partial charge < -0.3 is 0 Å². The van der Waals surface area contributed by atoms with Gasteiger partial charge in [0.15, 0.2) is 0 Å². The summed E-state index contributed by atoms with van der Waals surface area (Å²) in [4.78, 5) is 4.88. The summed E-state index contributed by atoms with van der Waals surface area (Å²) in [7, 11) is 0. The van der Waals surface area contributed by atoms with E-state index < -0.39 is 0 Å². The summed E-state index contributed by atoms with van der Waals surface area (Å²) in [5.41, 5.74) is 9.68. The molecule has 124 valence electrons. The van der Waals surface area contributed by atoms with Crippen LogP contribution in [0, 0.1) is 0 Å². The van der Waals surface area contributed by atoms with Crippen molar-refractivity contribution in [1.82, 2.24) is 4.98 Å². The molecule has 3 aromatic rings. The number of rotatable bonds is 0. The maximum atomic E-state index is 4.88. The van der Waals surface area contributed by atoms with E-state index in [1.165, 1.54) is 39.1 Å². The molecule has 1 aromatic heterocycles. The Balaban J connectivity index is 1.98. The van der Waals surface area contributed by atoms with E-state index in [1.54, 1.807) is 0 Å². The average molecular weight is 390 g/mol. The molecule has 2 bridgehead atoms. The molecule has 1 heterocycles. The topological polar surface area (TPSA) is 12.9 Å². The lowest BCUT2D eigenvalue weighted by atomic mass is 9.71.